The summed E-state index contributed by atoms with van der Waals surface area (Å²) in [5.41, 5.74) is 2.41. The quantitative estimate of drug-likeness (QED) is 0.389. The maximum Gasteiger partial charge on any atom is 0.327 e. The van der Waals surface area contributed by atoms with Crippen molar-refractivity contribution in [1.29, 1.82) is 5.41 Å². The summed E-state index contributed by atoms with van der Waals surface area (Å²) in [5, 5.41) is 10.6. The third kappa shape index (κ3) is 5.11. The summed E-state index contributed by atoms with van der Waals surface area (Å²) in [7, 11) is -0.221. The first-order valence-electron chi connectivity index (χ1n) is 10.3. The number of imidazole rings is 1. The van der Waals surface area contributed by atoms with Gasteiger partial charge >= 0.3 is 5.69 Å². The second-order valence-electron chi connectivity index (χ2n) is 7.48. The van der Waals surface area contributed by atoms with Crippen LogP contribution in [0.1, 0.15) is 24.1 Å². The summed E-state index contributed by atoms with van der Waals surface area (Å²) in [6, 6.07) is 9.64. The van der Waals surface area contributed by atoms with E-state index in [4.69, 9.17) is 14.9 Å². The van der Waals surface area contributed by atoms with Gasteiger partial charge in [0.2, 0.25) is 0 Å². The van der Waals surface area contributed by atoms with Crippen LogP contribution in [0.5, 0.6) is 11.5 Å². The minimum Gasteiger partial charge on any atom is -0.493 e. The van der Waals surface area contributed by atoms with Crippen molar-refractivity contribution in [2.45, 2.75) is 13.0 Å². The van der Waals surface area contributed by atoms with Crippen molar-refractivity contribution < 1.29 is 17.9 Å². The Morgan fingerprint density at radius 3 is 2.64 bits per heavy atom. The first kappa shape index (κ1) is 24.1. The number of benzene rings is 2. The van der Waals surface area contributed by atoms with Gasteiger partial charge in [0.15, 0.2) is 11.5 Å². The molecule has 1 atom stereocenters. The average molecular weight is 473 g/mol. The Bertz CT molecular complexity index is 1350. The molecular formula is C23H28N4O5S. The molecular weight excluding hydrogens is 444 g/mol. The molecule has 0 aliphatic rings. The van der Waals surface area contributed by atoms with Crippen LogP contribution in [0, 0.1) is 5.41 Å². The fourth-order valence-electron chi connectivity index (χ4n) is 3.83. The molecule has 1 heterocycles. The van der Waals surface area contributed by atoms with Gasteiger partial charge in [0.05, 0.1) is 36.5 Å². The Kier molecular flexibility index (Phi) is 7.27. The van der Waals surface area contributed by atoms with E-state index >= 15 is 0 Å². The van der Waals surface area contributed by atoms with Gasteiger partial charge in [0.25, 0.3) is 0 Å². The lowest BCUT2D eigenvalue weighted by Crippen LogP contribution is -2.28. The van der Waals surface area contributed by atoms with Crippen molar-refractivity contribution in [2.75, 3.05) is 32.8 Å². The zero-order chi connectivity index (χ0) is 24.2. The van der Waals surface area contributed by atoms with Crippen LogP contribution in [0.2, 0.25) is 0 Å². The van der Waals surface area contributed by atoms with Crippen molar-refractivity contribution in [2.24, 2.45) is 0 Å². The van der Waals surface area contributed by atoms with Crippen molar-refractivity contribution in [3.63, 3.8) is 0 Å². The molecule has 0 aliphatic heterocycles. The number of nitrogens with one attached hydrogen (secondary N) is 3. The predicted molar refractivity (Wildman–Crippen MR) is 130 cm³/mol. The normalized spacial score (nSPS) is 13.0. The number of fused-ring (bicyclic) bond motifs is 1. The standard InChI is InChI=1S/C23H28N4O5S/c1-5-32-21-11-15(9-10-20(21)31-3)19(14-33(4,29)30)27-18-8-6-7-17(16(12-24)13-25-2)22(18)26-23(27)28/h6-13,19,24-25H,5,14H2,1-4H3,(H,26,28)/b16-13+,24-12?/t19-/m1/s1. The van der Waals surface area contributed by atoms with E-state index in [1.807, 2.05) is 6.92 Å². The summed E-state index contributed by atoms with van der Waals surface area (Å²) in [6.07, 6.45) is 3.98. The smallest absolute Gasteiger partial charge is 0.327 e. The summed E-state index contributed by atoms with van der Waals surface area (Å²) in [6.45, 7) is 2.24. The van der Waals surface area contributed by atoms with Crippen LogP contribution in [0.3, 0.4) is 0 Å². The first-order chi connectivity index (χ1) is 15.7. The molecule has 0 fully saturated rings. The van der Waals surface area contributed by atoms with Crippen LogP contribution in [0.4, 0.5) is 0 Å². The van der Waals surface area contributed by atoms with Gasteiger partial charge < -0.3 is 25.2 Å². The molecule has 176 valence electrons. The molecule has 2 aromatic carbocycles. The van der Waals surface area contributed by atoms with E-state index < -0.39 is 21.6 Å². The van der Waals surface area contributed by atoms with Crippen molar-refractivity contribution >= 4 is 32.7 Å². The van der Waals surface area contributed by atoms with Crippen LogP contribution < -0.4 is 20.5 Å². The number of ether oxygens (including phenoxy) is 2. The summed E-state index contributed by atoms with van der Waals surface area (Å²) in [5.74, 6) is 0.693. The summed E-state index contributed by atoms with van der Waals surface area (Å²) in [4.78, 5) is 16.0. The van der Waals surface area contributed by atoms with E-state index in [-0.39, 0.29) is 5.75 Å². The highest BCUT2D eigenvalue weighted by Crippen LogP contribution is 2.33. The van der Waals surface area contributed by atoms with Crippen LogP contribution in [0.25, 0.3) is 16.6 Å². The monoisotopic (exact) mass is 472 g/mol. The molecule has 0 spiro atoms. The van der Waals surface area contributed by atoms with Gasteiger partial charge in [-0.2, -0.15) is 0 Å². The Morgan fingerprint density at radius 2 is 2.03 bits per heavy atom. The van der Waals surface area contributed by atoms with E-state index in [1.54, 1.807) is 49.6 Å². The van der Waals surface area contributed by atoms with Gasteiger partial charge in [-0.1, -0.05) is 18.2 Å². The number of methoxy groups -OCH3 is 1. The van der Waals surface area contributed by atoms with Crippen LogP contribution in [0.15, 0.2) is 47.4 Å². The topological polar surface area (TPSA) is 126 Å². The molecule has 1 aromatic heterocycles. The lowest BCUT2D eigenvalue weighted by molar-refractivity contribution is 0.310. The lowest BCUT2D eigenvalue weighted by Gasteiger charge is -2.20. The van der Waals surface area contributed by atoms with E-state index in [0.717, 1.165) is 6.26 Å². The zero-order valence-electron chi connectivity index (χ0n) is 19.0. The third-order valence-electron chi connectivity index (χ3n) is 5.16. The minimum absolute atomic E-state index is 0.286. The number of nitrogens with zero attached hydrogens (tertiary/aromatic N) is 1. The fourth-order valence-corrected chi connectivity index (χ4v) is 4.74. The Labute approximate surface area is 192 Å². The maximum absolute atomic E-state index is 13.2. The first-order valence-corrected chi connectivity index (χ1v) is 12.4. The molecule has 0 amide bonds. The van der Waals surface area contributed by atoms with Crippen LogP contribution in [-0.2, 0) is 9.84 Å². The average Bonchev–Trinajstić information content (AvgIpc) is 3.11. The SMILES string of the molecule is CCOc1cc([C@@H](CS(C)(=O)=O)n2c(=O)[nH]c3c(/C(C=N)=C/NC)cccc32)ccc1OC. The number of aromatic nitrogens is 2. The predicted octanol–water partition coefficient (Wildman–Crippen LogP) is 2.58. The van der Waals surface area contributed by atoms with Gasteiger partial charge in [0, 0.05) is 36.9 Å². The largest absolute Gasteiger partial charge is 0.493 e. The number of allylic oxidation sites excluding steroid dienone is 1. The molecule has 3 aromatic rings. The molecule has 0 unspecified atom stereocenters. The number of rotatable bonds is 10. The molecule has 10 heteroatoms. The molecule has 33 heavy (non-hydrogen) atoms. The molecule has 9 nitrogen and oxygen atoms in total. The zero-order valence-corrected chi connectivity index (χ0v) is 19.8. The van der Waals surface area contributed by atoms with Gasteiger partial charge in [0.1, 0.15) is 9.84 Å². The minimum atomic E-state index is -3.47. The fraction of sp³-hybridized carbons (Fsp3) is 0.304. The van der Waals surface area contributed by atoms with E-state index in [2.05, 4.69) is 10.3 Å². The van der Waals surface area contributed by atoms with Crippen molar-refractivity contribution in [3.05, 3.63) is 64.2 Å². The number of hydrogen-bond acceptors (Lipinski definition) is 7. The Balaban J connectivity index is 2.29. The van der Waals surface area contributed by atoms with Gasteiger partial charge in [-0.3, -0.25) is 4.57 Å². The molecule has 0 bridgehead atoms. The van der Waals surface area contributed by atoms with Crippen LogP contribution >= 0.6 is 0 Å². The molecule has 0 aliphatic carbocycles. The van der Waals surface area contributed by atoms with Crippen molar-refractivity contribution in [1.82, 2.24) is 14.9 Å². The number of aromatic amines is 1. The van der Waals surface area contributed by atoms with E-state index in [1.165, 1.54) is 17.9 Å². The maximum atomic E-state index is 13.2. The number of H-pyrrole nitrogens is 1. The number of para-hydroxylation sites is 1. The Hall–Kier alpha value is -3.53. The number of sulfone groups is 1. The number of hydrogen-bond donors (Lipinski definition) is 3. The van der Waals surface area contributed by atoms with Crippen LogP contribution in [-0.4, -0.2) is 57.0 Å². The lowest BCUT2D eigenvalue weighted by atomic mass is 10.0. The molecule has 0 saturated heterocycles. The second kappa shape index (κ2) is 9.95. The molecule has 0 saturated carbocycles. The van der Waals surface area contributed by atoms with E-state index in [9.17, 15) is 13.2 Å². The van der Waals surface area contributed by atoms with Gasteiger partial charge in [-0.15, -0.1) is 0 Å². The molecule has 3 rings (SSSR count). The highest BCUT2D eigenvalue weighted by molar-refractivity contribution is 7.90. The molecule has 0 radical (unpaired) electrons. The highest BCUT2D eigenvalue weighted by atomic mass is 32.2. The Morgan fingerprint density at radius 1 is 1.27 bits per heavy atom. The van der Waals surface area contributed by atoms with Gasteiger partial charge in [-0.25, -0.2) is 13.2 Å². The third-order valence-corrected chi connectivity index (χ3v) is 6.08. The summed E-state index contributed by atoms with van der Waals surface area (Å²) >= 11 is 0. The van der Waals surface area contributed by atoms with E-state index in [0.29, 0.717) is 45.8 Å². The summed E-state index contributed by atoms with van der Waals surface area (Å²) < 4.78 is 37.2. The highest BCUT2D eigenvalue weighted by Gasteiger charge is 2.25. The molecule has 3 N–H and O–H groups in total. The van der Waals surface area contributed by atoms with Gasteiger partial charge in [-0.05, 0) is 30.7 Å². The van der Waals surface area contributed by atoms with Crippen molar-refractivity contribution in [3.8, 4) is 11.5 Å². The second-order valence-corrected chi connectivity index (χ2v) is 9.67.